The highest BCUT2D eigenvalue weighted by Crippen LogP contribution is 2.39. The van der Waals surface area contributed by atoms with Crippen LogP contribution in [-0.2, 0) is 4.79 Å². The maximum absolute atomic E-state index is 13.1. The highest BCUT2D eigenvalue weighted by molar-refractivity contribution is 6.30. The van der Waals surface area contributed by atoms with Crippen LogP contribution in [0.2, 0.25) is 5.02 Å². The van der Waals surface area contributed by atoms with Gasteiger partial charge in [-0.3, -0.25) is 20.2 Å². The standard InChI is InChI=1S/C24H26ClN5O5/c1-4-33-18-11-15(12-19(34-5-2)21(18)35-6-3)22(32)27-23-28-24-26-20(31)13-17(30(24)29-23)14-7-9-16(25)10-8-14/h7-12,17H,4-6,13H2,1-3H3,(H2,26,27,28,29,31,32)/t17-/m0/s1. The maximum Gasteiger partial charge on any atom is 0.258 e. The van der Waals surface area contributed by atoms with Crippen LogP contribution in [0.5, 0.6) is 17.2 Å². The molecule has 1 aromatic heterocycles. The molecule has 2 aromatic carbocycles. The van der Waals surface area contributed by atoms with Gasteiger partial charge in [-0.25, -0.2) is 4.68 Å². The van der Waals surface area contributed by atoms with Gasteiger partial charge < -0.3 is 14.2 Å². The van der Waals surface area contributed by atoms with E-state index < -0.39 is 5.91 Å². The Morgan fingerprint density at radius 3 is 2.31 bits per heavy atom. The van der Waals surface area contributed by atoms with E-state index in [1.165, 1.54) is 0 Å². The number of amides is 2. The van der Waals surface area contributed by atoms with Crippen molar-refractivity contribution in [2.75, 3.05) is 30.5 Å². The second-order valence-electron chi connectivity index (χ2n) is 7.58. The molecule has 2 amide bonds. The summed E-state index contributed by atoms with van der Waals surface area (Å²) in [4.78, 5) is 29.7. The molecule has 0 aliphatic carbocycles. The van der Waals surface area contributed by atoms with Gasteiger partial charge in [0.2, 0.25) is 17.6 Å². The van der Waals surface area contributed by atoms with Crippen LogP contribution in [0.25, 0.3) is 0 Å². The zero-order chi connectivity index (χ0) is 24.9. The van der Waals surface area contributed by atoms with Crippen molar-refractivity contribution >= 4 is 35.3 Å². The minimum atomic E-state index is -0.465. The van der Waals surface area contributed by atoms with Crippen LogP contribution in [0.4, 0.5) is 11.9 Å². The fourth-order valence-electron chi connectivity index (χ4n) is 3.75. The van der Waals surface area contributed by atoms with Crippen molar-refractivity contribution in [2.45, 2.75) is 33.2 Å². The van der Waals surface area contributed by atoms with Gasteiger partial charge in [-0.15, -0.1) is 5.10 Å². The molecule has 1 aliphatic heterocycles. The second-order valence-corrected chi connectivity index (χ2v) is 8.01. The minimum Gasteiger partial charge on any atom is -0.490 e. The predicted molar refractivity (Wildman–Crippen MR) is 131 cm³/mol. The van der Waals surface area contributed by atoms with Gasteiger partial charge in [0.25, 0.3) is 11.9 Å². The van der Waals surface area contributed by atoms with Crippen molar-refractivity contribution in [1.29, 1.82) is 0 Å². The Labute approximate surface area is 207 Å². The number of carbonyl (C=O) groups is 2. The number of carbonyl (C=O) groups excluding carboxylic acids is 2. The number of fused-ring (bicyclic) bond motifs is 1. The van der Waals surface area contributed by atoms with Gasteiger partial charge in [-0.2, -0.15) is 4.98 Å². The zero-order valence-electron chi connectivity index (χ0n) is 19.6. The normalized spacial score (nSPS) is 14.6. The van der Waals surface area contributed by atoms with Crippen LogP contribution in [-0.4, -0.2) is 46.4 Å². The fraction of sp³-hybridized carbons (Fsp3) is 0.333. The highest BCUT2D eigenvalue weighted by atomic mass is 35.5. The Hall–Kier alpha value is -3.79. The maximum atomic E-state index is 13.1. The van der Waals surface area contributed by atoms with Crippen LogP contribution in [0.3, 0.4) is 0 Å². The Kier molecular flexibility index (Phi) is 7.40. The Morgan fingerprint density at radius 2 is 1.71 bits per heavy atom. The molecular weight excluding hydrogens is 474 g/mol. The summed E-state index contributed by atoms with van der Waals surface area (Å²) in [5, 5.41) is 10.4. The van der Waals surface area contributed by atoms with Crippen LogP contribution in [0.15, 0.2) is 36.4 Å². The van der Waals surface area contributed by atoms with Gasteiger partial charge in [0, 0.05) is 10.6 Å². The smallest absolute Gasteiger partial charge is 0.258 e. The first-order valence-electron chi connectivity index (χ1n) is 11.3. The summed E-state index contributed by atoms with van der Waals surface area (Å²) in [6.45, 7) is 6.72. The summed E-state index contributed by atoms with van der Waals surface area (Å²) in [6.07, 6.45) is 0.180. The van der Waals surface area contributed by atoms with E-state index in [-0.39, 0.29) is 35.8 Å². The van der Waals surface area contributed by atoms with Crippen molar-refractivity contribution in [3.8, 4) is 17.2 Å². The fourth-order valence-corrected chi connectivity index (χ4v) is 3.88. The summed E-state index contributed by atoms with van der Waals surface area (Å²) < 4.78 is 18.7. The third-order valence-corrected chi connectivity index (χ3v) is 5.46. The molecule has 0 fully saturated rings. The average Bonchev–Trinajstić information content (AvgIpc) is 3.23. The Bertz CT molecular complexity index is 1200. The van der Waals surface area contributed by atoms with Gasteiger partial charge in [-0.05, 0) is 50.6 Å². The largest absolute Gasteiger partial charge is 0.490 e. The lowest BCUT2D eigenvalue weighted by Gasteiger charge is -2.23. The average molecular weight is 500 g/mol. The van der Waals surface area contributed by atoms with Crippen molar-refractivity contribution in [3.63, 3.8) is 0 Å². The molecule has 0 saturated carbocycles. The number of halogens is 1. The first-order valence-corrected chi connectivity index (χ1v) is 11.7. The molecule has 0 unspecified atom stereocenters. The molecule has 1 atom stereocenters. The van der Waals surface area contributed by atoms with E-state index in [2.05, 4.69) is 20.7 Å². The molecule has 184 valence electrons. The van der Waals surface area contributed by atoms with E-state index in [1.54, 1.807) is 28.9 Å². The highest BCUT2D eigenvalue weighted by Gasteiger charge is 2.30. The van der Waals surface area contributed by atoms with Gasteiger partial charge in [0.15, 0.2) is 11.5 Å². The van der Waals surface area contributed by atoms with Crippen molar-refractivity contribution in [2.24, 2.45) is 0 Å². The van der Waals surface area contributed by atoms with E-state index in [0.717, 1.165) is 5.56 Å². The van der Waals surface area contributed by atoms with Gasteiger partial charge in [0.1, 0.15) is 0 Å². The third kappa shape index (κ3) is 5.32. The van der Waals surface area contributed by atoms with Crippen molar-refractivity contribution < 1.29 is 23.8 Å². The number of rotatable bonds is 9. The number of hydrogen-bond donors (Lipinski definition) is 2. The summed E-state index contributed by atoms with van der Waals surface area (Å²) >= 11 is 6.00. The first-order chi connectivity index (χ1) is 16.9. The monoisotopic (exact) mass is 499 g/mol. The number of nitrogens with zero attached hydrogens (tertiary/aromatic N) is 3. The molecule has 2 heterocycles. The quantitative estimate of drug-likeness (QED) is 0.450. The minimum absolute atomic E-state index is 0.0518. The molecule has 0 radical (unpaired) electrons. The SMILES string of the molecule is CCOc1cc(C(=O)Nc2nc3n(n2)[C@H](c2ccc(Cl)cc2)CC(=O)N3)cc(OCC)c1OCC. The Balaban J connectivity index is 1.63. The molecule has 0 spiro atoms. The first kappa shape index (κ1) is 24.3. The molecule has 10 nitrogen and oxygen atoms in total. The molecular formula is C24H26ClN5O5. The van der Waals surface area contributed by atoms with Crippen LogP contribution >= 0.6 is 11.6 Å². The van der Waals surface area contributed by atoms with E-state index in [4.69, 9.17) is 25.8 Å². The van der Waals surface area contributed by atoms with E-state index >= 15 is 0 Å². The number of benzene rings is 2. The van der Waals surface area contributed by atoms with Gasteiger partial charge in [-0.1, -0.05) is 23.7 Å². The molecule has 35 heavy (non-hydrogen) atoms. The molecule has 0 bridgehead atoms. The molecule has 0 saturated heterocycles. The summed E-state index contributed by atoms with van der Waals surface area (Å²) in [5.41, 5.74) is 1.13. The molecule has 11 heteroatoms. The molecule has 2 N–H and O–H groups in total. The summed E-state index contributed by atoms with van der Waals surface area (Å²) in [6, 6.07) is 9.95. The van der Waals surface area contributed by atoms with Gasteiger partial charge in [0.05, 0.1) is 32.3 Å². The lowest BCUT2D eigenvalue weighted by atomic mass is 10.0. The zero-order valence-corrected chi connectivity index (χ0v) is 20.4. The van der Waals surface area contributed by atoms with Gasteiger partial charge >= 0.3 is 0 Å². The number of aromatic nitrogens is 3. The van der Waals surface area contributed by atoms with E-state index in [0.29, 0.717) is 42.1 Å². The number of ether oxygens (including phenoxy) is 3. The van der Waals surface area contributed by atoms with Crippen LogP contribution in [0, 0.1) is 0 Å². The van der Waals surface area contributed by atoms with E-state index in [1.807, 2.05) is 32.9 Å². The van der Waals surface area contributed by atoms with E-state index in [9.17, 15) is 9.59 Å². The second kappa shape index (κ2) is 10.6. The van der Waals surface area contributed by atoms with Crippen molar-refractivity contribution in [3.05, 3.63) is 52.5 Å². The molecule has 3 aromatic rings. The van der Waals surface area contributed by atoms with Crippen LogP contribution < -0.4 is 24.8 Å². The summed E-state index contributed by atoms with van der Waals surface area (Å²) in [7, 11) is 0. The third-order valence-electron chi connectivity index (χ3n) is 5.21. The topological polar surface area (TPSA) is 117 Å². The lowest BCUT2D eigenvalue weighted by Crippen LogP contribution is -2.29. The molecule has 1 aliphatic rings. The Morgan fingerprint density at radius 1 is 1.09 bits per heavy atom. The predicted octanol–water partition coefficient (Wildman–Crippen LogP) is 4.31. The van der Waals surface area contributed by atoms with Crippen molar-refractivity contribution in [1.82, 2.24) is 14.8 Å². The number of nitrogens with one attached hydrogen (secondary N) is 2. The number of hydrogen-bond acceptors (Lipinski definition) is 7. The number of anilines is 2. The molecule has 4 rings (SSSR count). The van der Waals surface area contributed by atoms with Crippen LogP contribution in [0.1, 0.15) is 49.2 Å². The summed E-state index contributed by atoms with van der Waals surface area (Å²) in [5.74, 6) is 0.875. The lowest BCUT2D eigenvalue weighted by molar-refractivity contribution is -0.117.